The van der Waals surface area contributed by atoms with Gasteiger partial charge in [-0.15, -0.1) is 0 Å². The third-order valence-corrected chi connectivity index (χ3v) is 3.30. The molecule has 0 spiro atoms. The van der Waals surface area contributed by atoms with Crippen LogP contribution in [0.1, 0.15) is 16.8 Å². The molecule has 0 radical (unpaired) electrons. The molecule has 0 aliphatic heterocycles. The van der Waals surface area contributed by atoms with E-state index in [9.17, 15) is 0 Å². The van der Waals surface area contributed by atoms with Gasteiger partial charge in [-0.05, 0) is 42.3 Å². The summed E-state index contributed by atoms with van der Waals surface area (Å²) in [5.74, 6) is 0. The van der Waals surface area contributed by atoms with Crippen LogP contribution in [-0.4, -0.2) is 14.8 Å². The lowest BCUT2D eigenvalue weighted by atomic mass is 10.2. The number of rotatable bonds is 5. The molecular weight excluding hydrogens is 260 g/mol. The minimum atomic E-state index is 0.735. The molecule has 1 aromatic carbocycles. The molecule has 0 amide bonds. The van der Waals surface area contributed by atoms with Crippen molar-refractivity contribution in [2.75, 3.05) is 5.32 Å². The van der Waals surface area contributed by atoms with Crippen LogP contribution < -0.4 is 5.32 Å². The highest BCUT2D eigenvalue weighted by Gasteiger charge is 1.98. The predicted octanol–water partition coefficient (Wildman–Crippen LogP) is 3.25. The lowest BCUT2D eigenvalue weighted by Gasteiger charge is -2.08. The van der Waals surface area contributed by atoms with E-state index in [4.69, 9.17) is 0 Å². The largest absolute Gasteiger partial charge is 0.379 e. The highest BCUT2D eigenvalue weighted by atomic mass is 15.3. The van der Waals surface area contributed by atoms with Crippen molar-refractivity contribution in [2.45, 2.75) is 20.0 Å². The summed E-state index contributed by atoms with van der Waals surface area (Å²) in [7, 11) is 0. The number of aromatic nitrogens is 3. The van der Waals surface area contributed by atoms with Crippen LogP contribution in [0.2, 0.25) is 0 Å². The fraction of sp³-hybridized carbons (Fsp3) is 0.176. The fourth-order valence-electron chi connectivity index (χ4n) is 2.10. The van der Waals surface area contributed by atoms with Gasteiger partial charge < -0.3 is 5.32 Å². The molecule has 0 fully saturated rings. The highest BCUT2D eigenvalue weighted by Crippen LogP contribution is 2.11. The molecule has 3 rings (SSSR count). The number of hydrogen-bond acceptors (Lipinski definition) is 3. The molecular formula is C17H18N4. The molecule has 0 saturated heterocycles. The predicted molar refractivity (Wildman–Crippen MR) is 84.1 cm³/mol. The van der Waals surface area contributed by atoms with Gasteiger partial charge in [-0.2, -0.15) is 5.10 Å². The molecule has 0 bridgehead atoms. The second-order valence-electron chi connectivity index (χ2n) is 5.08. The first-order valence-corrected chi connectivity index (χ1v) is 7.01. The highest BCUT2D eigenvalue weighted by molar-refractivity contribution is 5.44. The first-order valence-electron chi connectivity index (χ1n) is 7.01. The van der Waals surface area contributed by atoms with Crippen molar-refractivity contribution < 1.29 is 0 Å². The zero-order valence-electron chi connectivity index (χ0n) is 12.0. The maximum atomic E-state index is 4.39. The minimum Gasteiger partial charge on any atom is -0.379 e. The maximum absolute atomic E-state index is 4.39. The first-order chi connectivity index (χ1) is 10.3. The van der Waals surface area contributed by atoms with Crippen LogP contribution in [0.15, 0.2) is 61.1 Å². The van der Waals surface area contributed by atoms with E-state index in [1.54, 1.807) is 6.20 Å². The van der Waals surface area contributed by atoms with E-state index in [0.717, 1.165) is 24.5 Å². The van der Waals surface area contributed by atoms with Crippen molar-refractivity contribution in [3.63, 3.8) is 0 Å². The molecule has 0 unspecified atom stereocenters. The van der Waals surface area contributed by atoms with Crippen molar-refractivity contribution in [1.29, 1.82) is 0 Å². The Hall–Kier alpha value is -2.62. The standard InChI is InChI=1S/C17H18N4/c1-14-3-6-17(18-11-14)12-19-16-7-4-15(5-8-16)13-21-10-2-9-20-21/h2-11,19H,12-13H2,1H3. The van der Waals surface area contributed by atoms with Gasteiger partial charge in [-0.25, -0.2) is 0 Å². The molecule has 2 heterocycles. The van der Waals surface area contributed by atoms with Gasteiger partial charge in [-0.1, -0.05) is 18.2 Å². The number of aryl methyl sites for hydroxylation is 1. The number of benzene rings is 1. The van der Waals surface area contributed by atoms with Crippen LogP contribution in [0.4, 0.5) is 5.69 Å². The average Bonchev–Trinajstić information content (AvgIpc) is 3.01. The van der Waals surface area contributed by atoms with Gasteiger partial charge >= 0.3 is 0 Å². The lowest BCUT2D eigenvalue weighted by Crippen LogP contribution is -2.02. The smallest absolute Gasteiger partial charge is 0.0659 e. The molecule has 1 N–H and O–H groups in total. The molecule has 21 heavy (non-hydrogen) atoms. The normalized spacial score (nSPS) is 10.5. The van der Waals surface area contributed by atoms with Gasteiger partial charge in [-0.3, -0.25) is 9.67 Å². The number of nitrogens with one attached hydrogen (secondary N) is 1. The van der Waals surface area contributed by atoms with E-state index in [1.807, 2.05) is 30.1 Å². The second-order valence-corrected chi connectivity index (χ2v) is 5.08. The van der Waals surface area contributed by atoms with Crippen LogP contribution in [0.25, 0.3) is 0 Å². The average molecular weight is 278 g/mol. The van der Waals surface area contributed by atoms with E-state index >= 15 is 0 Å². The molecule has 106 valence electrons. The fourth-order valence-corrected chi connectivity index (χ4v) is 2.10. The molecule has 4 heteroatoms. The lowest BCUT2D eigenvalue weighted by molar-refractivity contribution is 0.687. The quantitative estimate of drug-likeness (QED) is 0.779. The van der Waals surface area contributed by atoms with E-state index in [1.165, 1.54) is 11.1 Å². The Balaban J connectivity index is 1.58. The Labute approximate surface area is 124 Å². The summed E-state index contributed by atoms with van der Waals surface area (Å²) in [5.41, 5.74) is 4.56. The third kappa shape index (κ3) is 3.69. The summed E-state index contributed by atoms with van der Waals surface area (Å²) in [6.45, 7) is 3.58. The molecule has 0 saturated carbocycles. The van der Waals surface area contributed by atoms with Crippen molar-refractivity contribution in [3.05, 3.63) is 77.9 Å². The molecule has 0 aliphatic carbocycles. The molecule has 3 aromatic rings. The van der Waals surface area contributed by atoms with Crippen LogP contribution >= 0.6 is 0 Å². The summed E-state index contributed by atoms with van der Waals surface area (Å²) in [5, 5.41) is 7.59. The van der Waals surface area contributed by atoms with Gasteiger partial charge in [0.1, 0.15) is 0 Å². The second kappa shape index (κ2) is 6.22. The van der Waals surface area contributed by atoms with Gasteiger partial charge in [0, 0.05) is 24.3 Å². The maximum Gasteiger partial charge on any atom is 0.0659 e. The zero-order valence-corrected chi connectivity index (χ0v) is 12.0. The zero-order chi connectivity index (χ0) is 14.5. The number of pyridine rings is 1. The Kier molecular flexibility index (Phi) is 3.96. The van der Waals surface area contributed by atoms with Gasteiger partial charge in [0.15, 0.2) is 0 Å². The molecule has 0 aliphatic rings. The van der Waals surface area contributed by atoms with Crippen LogP contribution in [0.5, 0.6) is 0 Å². The van der Waals surface area contributed by atoms with E-state index in [-0.39, 0.29) is 0 Å². The number of hydrogen-bond donors (Lipinski definition) is 1. The Morgan fingerprint density at radius 3 is 2.62 bits per heavy atom. The summed E-state index contributed by atoms with van der Waals surface area (Å²) >= 11 is 0. The topological polar surface area (TPSA) is 42.7 Å². The van der Waals surface area contributed by atoms with E-state index in [0.29, 0.717) is 0 Å². The first kappa shape index (κ1) is 13.4. The monoisotopic (exact) mass is 278 g/mol. The van der Waals surface area contributed by atoms with Crippen molar-refractivity contribution in [3.8, 4) is 0 Å². The number of nitrogens with zero attached hydrogens (tertiary/aromatic N) is 3. The van der Waals surface area contributed by atoms with Crippen LogP contribution in [-0.2, 0) is 13.1 Å². The summed E-state index contributed by atoms with van der Waals surface area (Å²) in [6.07, 6.45) is 5.66. The summed E-state index contributed by atoms with van der Waals surface area (Å²) < 4.78 is 1.92. The van der Waals surface area contributed by atoms with Crippen LogP contribution in [0.3, 0.4) is 0 Å². The van der Waals surface area contributed by atoms with Crippen molar-refractivity contribution >= 4 is 5.69 Å². The Morgan fingerprint density at radius 1 is 1.10 bits per heavy atom. The molecule has 4 nitrogen and oxygen atoms in total. The number of anilines is 1. The van der Waals surface area contributed by atoms with Gasteiger partial charge in [0.05, 0.1) is 18.8 Å². The molecule has 0 atom stereocenters. The van der Waals surface area contributed by atoms with Gasteiger partial charge in [0.2, 0.25) is 0 Å². The Bertz CT molecular complexity index is 670. The third-order valence-electron chi connectivity index (χ3n) is 3.30. The van der Waals surface area contributed by atoms with E-state index < -0.39 is 0 Å². The summed E-state index contributed by atoms with van der Waals surface area (Å²) in [6, 6.07) is 14.5. The van der Waals surface area contributed by atoms with Crippen molar-refractivity contribution in [2.24, 2.45) is 0 Å². The SMILES string of the molecule is Cc1ccc(CNc2ccc(Cn3cccn3)cc2)nc1. The Morgan fingerprint density at radius 2 is 1.95 bits per heavy atom. The molecule has 2 aromatic heterocycles. The van der Waals surface area contributed by atoms with E-state index in [2.05, 4.69) is 51.8 Å². The van der Waals surface area contributed by atoms with Crippen molar-refractivity contribution in [1.82, 2.24) is 14.8 Å². The van der Waals surface area contributed by atoms with Gasteiger partial charge in [0.25, 0.3) is 0 Å². The minimum absolute atomic E-state index is 0.735. The van der Waals surface area contributed by atoms with Crippen LogP contribution in [0, 0.1) is 6.92 Å². The summed E-state index contributed by atoms with van der Waals surface area (Å²) in [4.78, 5) is 4.39.